The standard InChI is InChI=1S/C23H24ClNO4.C21H19Cl2NO2/c1-28-20-10-4-9-19(21(20)29-2)22(26)25-18-8-5-12-23(27,15-18)13-11-16-6-3-7-17(24)14-16;22-17-6-1-4-15(12-17)9-11-21(26)10-3-8-19(14-21)24-20(25)16-5-2-7-18(23)13-16/h3-4,6-7,9-10,14,18,27H,5,8,12,15H2,1-2H3,(H,25,26);1-2,4-7,12-13,19,26H,3,8,10,14H2,(H,24,25)/t18-,23+;19-,21+/m00/s1. The summed E-state index contributed by atoms with van der Waals surface area (Å²) in [6.07, 6.45) is 5.06. The van der Waals surface area contributed by atoms with Gasteiger partial charge in [-0.05, 0) is 105 Å². The molecule has 0 heterocycles. The zero-order valence-corrected chi connectivity index (χ0v) is 32.9. The van der Waals surface area contributed by atoms with Crippen LogP contribution in [0.4, 0.5) is 0 Å². The predicted molar refractivity (Wildman–Crippen MR) is 217 cm³/mol. The number of halogens is 3. The Morgan fingerprint density at radius 3 is 1.65 bits per heavy atom. The Bertz CT molecular complexity index is 2120. The fourth-order valence-corrected chi connectivity index (χ4v) is 7.29. The minimum Gasteiger partial charge on any atom is -0.493 e. The Morgan fingerprint density at radius 1 is 0.673 bits per heavy atom. The van der Waals surface area contributed by atoms with Crippen molar-refractivity contribution in [2.75, 3.05) is 14.2 Å². The van der Waals surface area contributed by atoms with Gasteiger partial charge in [-0.3, -0.25) is 9.59 Å². The van der Waals surface area contributed by atoms with Gasteiger partial charge in [-0.25, -0.2) is 0 Å². The molecule has 0 aliphatic heterocycles. The lowest BCUT2D eigenvalue weighted by molar-refractivity contribution is 0.0443. The summed E-state index contributed by atoms with van der Waals surface area (Å²) in [5.74, 6) is 12.4. The summed E-state index contributed by atoms with van der Waals surface area (Å²) in [7, 11) is 3.03. The van der Waals surface area contributed by atoms with Crippen LogP contribution in [0.25, 0.3) is 0 Å². The van der Waals surface area contributed by atoms with Crippen LogP contribution in [-0.4, -0.2) is 59.5 Å². The van der Waals surface area contributed by atoms with E-state index in [9.17, 15) is 19.8 Å². The van der Waals surface area contributed by atoms with E-state index in [4.69, 9.17) is 44.3 Å². The van der Waals surface area contributed by atoms with E-state index in [0.717, 1.165) is 36.8 Å². The second-order valence-electron chi connectivity index (χ2n) is 13.7. The van der Waals surface area contributed by atoms with E-state index in [1.807, 2.05) is 24.3 Å². The number of hydrogen-bond acceptors (Lipinski definition) is 6. The maximum absolute atomic E-state index is 12.8. The van der Waals surface area contributed by atoms with Crippen molar-refractivity contribution in [3.05, 3.63) is 128 Å². The molecule has 0 radical (unpaired) electrons. The lowest BCUT2D eigenvalue weighted by Gasteiger charge is -2.33. The van der Waals surface area contributed by atoms with Crippen molar-refractivity contribution >= 4 is 46.6 Å². The Labute approximate surface area is 337 Å². The fraction of sp³-hybridized carbons (Fsp3) is 0.318. The number of aliphatic hydroxyl groups is 2. The predicted octanol–water partition coefficient (Wildman–Crippen LogP) is 8.26. The molecule has 0 bridgehead atoms. The molecule has 4 N–H and O–H groups in total. The molecular weight excluding hydrogens is 759 g/mol. The molecule has 0 aromatic heterocycles. The van der Waals surface area contributed by atoms with Gasteiger partial charge in [-0.1, -0.05) is 82.8 Å². The first-order valence-corrected chi connectivity index (χ1v) is 19.1. The molecule has 4 aromatic carbocycles. The van der Waals surface area contributed by atoms with Gasteiger partial charge >= 0.3 is 0 Å². The van der Waals surface area contributed by atoms with E-state index >= 15 is 0 Å². The number of nitrogens with one attached hydrogen (secondary N) is 2. The first kappa shape index (κ1) is 41.5. The molecule has 11 heteroatoms. The number of rotatable bonds is 6. The van der Waals surface area contributed by atoms with E-state index in [2.05, 4.69) is 34.3 Å². The van der Waals surface area contributed by atoms with Crippen LogP contribution in [0, 0.1) is 23.7 Å². The highest BCUT2D eigenvalue weighted by Gasteiger charge is 2.35. The Kier molecular flexibility index (Phi) is 14.5. The minimum absolute atomic E-state index is 0.131. The molecule has 0 spiro atoms. The summed E-state index contributed by atoms with van der Waals surface area (Å²) < 4.78 is 10.6. The average molecular weight is 802 g/mol. The van der Waals surface area contributed by atoms with Gasteiger partial charge in [-0.15, -0.1) is 0 Å². The van der Waals surface area contributed by atoms with Crippen molar-refractivity contribution in [3.63, 3.8) is 0 Å². The summed E-state index contributed by atoms with van der Waals surface area (Å²) in [5, 5.41) is 29.5. The Morgan fingerprint density at radius 2 is 1.16 bits per heavy atom. The zero-order chi connectivity index (χ0) is 39.4. The molecule has 8 nitrogen and oxygen atoms in total. The molecule has 0 saturated heterocycles. The third-order valence-electron chi connectivity index (χ3n) is 9.39. The molecule has 2 saturated carbocycles. The number of hydrogen-bond donors (Lipinski definition) is 4. The summed E-state index contributed by atoms with van der Waals surface area (Å²) in [6.45, 7) is 0. The van der Waals surface area contributed by atoms with Crippen molar-refractivity contribution < 1.29 is 29.3 Å². The number of carbonyl (C=O) groups excluding carboxylic acids is 2. The van der Waals surface area contributed by atoms with Gasteiger partial charge in [0.25, 0.3) is 11.8 Å². The second kappa shape index (κ2) is 19.3. The average Bonchev–Trinajstić information content (AvgIpc) is 3.16. The molecule has 2 aliphatic rings. The highest BCUT2D eigenvalue weighted by atomic mass is 35.5. The van der Waals surface area contributed by atoms with Crippen molar-refractivity contribution in [2.45, 2.75) is 74.7 Å². The van der Waals surface area contributed by atoms with E-state index in [0.29, 0.717) is 63.4 Å². The Hall–Kier alpha value is -4.67. The van der Waals surface area contributed by atoms with Gasteiger partial charge < -0.3 is 30.3 Å². The summed E-state index contributed by atoms with van der Waals surface area (Å²) in [6, 6.07) is 26.1. The molecule has 4 aromatic rings. The SMILES string of the molecule is COc1cccc(C(=O)N[C@H]2CCC[C@@](O)(C#Cc3cccc(Cl)c3)C2)c1OC.O=C(N[C@H]1CCC[C@@](O)(C#Cc2cccc(Cl)c2)C1)c1cccc(Cl)c1. The first-order chi connectivity index (χ1) is 26.4. The second-order valence-corrected chi connectivity index (χ2v) is 15.0. The summed E-state index contributed by atoms with van der Waals surface area (Å²) >= 11 is 17.9. The first-order valence-electron chi connectivity index (χ1n) is 18.0. The van der Waals surface area contributed by atoms with Gasteiger partial charge in [0, 0.05) is 56.7 Å². The highest BCUT2D eigenvalue weighted by molar-refractivity contribution is 6.31. The molecule has 286 valence electrons. The van der Waals surface area contributed by atoms with E-state index in [1.165, 1.54) is 14.2 Å². The maximum atomic E-state index is 12.8. The van der Waals surface area contributed by atoms with Crippen LogP contribution in [0.2, 0.25) is 15.1 Å². The zero-order valence-electron chi connectivity index (χ0n) is 30.6. The van der Waals surface area contributed by atoms with Crippen LogP contribution in [-0.2, 0) is 0 Å². The van der Waals surface area contributed by atoms with Crippen molar-refractivity contribution in [2.24, 2.45) is 0 Å². The van der Waals surface area contributed by atoms with Gasteiger partial charge in [-0.2, -0.15) is 0 Å². The number of para-hydroxylation sites is 1. The van der Waals surface area contributed by atoms with E-state index in [-0.39, 0.29) is 23.9 Å². The van der Waals surface area contributed by atoms with Crippen molar-refractivity contribution in [3.8, 4) is 35.2 Å². The number of carbonyl (C=O) groups is 2. The normalized spacial score (nSPS) is 21.5. The number of amides is 2. The van der Waals surface area contributed by atoms with E-state index in [1.54, 1.807) is 66.7 Å². The van der Waals surface area contributed by atoms with E-state index < -0.39 is 11.2 Å². The molecule has 2 fully saturated rings. The largest absolute Gasteiger partial charge is 0.493 e. The molecule has 55 heavy (non-hydrogen) atoms. The number of methoxy groups -OCH3 is 2. The third-order valence-corrected chi connectivity index (χ3v) is 10.1. The maximum Gasteiger partial charge on any atom is 0.255 e. The fourth-order valence-electron chi connectivity index (χ4n) is 6.72. The Balaban J connectivity index is 0.000000212. The third kappa shape index (κ3) is 12.2. The topological polar surface area (TPSA) is 117 Å². The number of ether oxygens (including phenoxy) is 2. The van der Waals surface area contributed by atoms with Gasteiger partial charge in [0.2, 0.25) is 0 Å². The van der Waals surface area contributed by atoms with Crippen LogP contribution in [0.15, 0.2) is 91.0 Å². The molecule has 2 aliphatic carbocycles. The van der Waals surface area contributed by atoms with Crippen LogP contribution < -0.4 is 20.1 Å². The highest BCUT2D eigenvalue weighted by Crippen LogP contribution is 2.33. The van der Waals surface area contributed by atoms with Crippen LogP contribution >= 0.6 is 34.8 Å². The molecule has 4 atom stereocenters. The monoisotopic (exact) mass is 800 g/mol. The summed E-state index contributed by atoms with van der Waals surface area (Å²) in [5.41, 5.74) is 0.140. The molecule has 2 amide bonds. The lowest BCUT2D eigenvalue weighted by Crippen LogP contribution is -2.45. The van der Waals surface area contributed by atoms with Crippen molar-refractivity contribution in [1.29, 1.82) is 0 Å². The van der Waals surface area contributed by atoms with Crippen LogP contribution in [0.5, 0.6) is 11.5 Å². The number of benzene rings is 4. The van der Waals surface area contributed by atoms with Gasteiger partial charge in [0.1, 0.15) is 11.2 Å². The smallest absolute Gasteiger partial charge is 0.255 e. The van der Waals surface area contributed by atoms with Gasteiger partial charge in [0.05, 0.1) is 19.8 Å². The lowest BCUT2D eigenvalue weighted by atomic mass is 9.82. The quantitative estimate of drug-likeness (QED) is 0.146. The minimum atomic E-state index is -1.16. The van der Waals surface area contributed by atoms with Crippen molar-refractivity contribution in [1.82, 2.24) is 10.6 Å². The van der Waals surface area contributed by atoms with Crippen LogP contribution in [0.3, 0.4) is 0 Å². The molecule has 0 unspecified atom stereocenters. The van der Waals surface area contributed by atoms with Crippen LogP contribution in [0.1, 0.15) is 83.2 Å². The van der Waals surface area contributed by atoms with Gasteiger partial charge in [0.15, 0.2) is 11.5 Å². The summed E-state index contributed by atoms with van der Waals surface area (Å²) in [4.78, 5) is 25.2. The molecular formula is C44H43Cl3N2O6. The molecule has 6 rings (SSSR count).